The predicted octanol–water partition coefficient (Wildman–Crippen LogP) is 14.2. The van der Waals surface area contributed by atoms with Crippen LogP contribution in [0.4, 0.5) is 0 Å². The Morgan fingerprint density at radius 3 is 0.877 bits per heavy atom. The predicted molar refractivity (Wildman–Crippen MR) is 297 cm³/mol. The summed E-state index contributed by atoms with van der Waals surface area (Å²) >= 11 is 0. The number of hydrogen-bond donors (Lipinski definition) is 1. The van der Waals surface area contributed by atoms with E-state index in [0.29, 0.717) is 26.2 Å². The Hall–Kier alpha value is -5.60. The Balaban J connectivity index is 0.849. The summed E-state index contributed by atoms with van der Waals surface area (Å²) in [4.78, 5) is 0. The van der Waals surface area contributed by atoms with Crippen LogP contribution in [0.3, 0.4) is 0 Å². The minimum Gasteiger partial charge on any atom is -0.493 e. The van der Waals surface area contributed by atoms with E-state index in [9.17, 15) is 5.11 Å². The van der Waals surface area contributed by atoms with Gasteiger partial charge in [-0.05, 0) is 144 Å². The van der Waals surface area contributed by atoms with Crippen molar-refractivity contribution < 1.29 is 33.5 Å². The molecule has 8 rings (SSSR count). The van der Waals surface area contributed by atoms with Crippen molar-refractivity contribution in [1.82, 2.24) is 0 Å². The molecule has 0 radical (unpaired) electrons. The zero-order valence-corrected chi connectivity index (χ0v) is 46.8. The van der Waals surface area contributed by atoms with Gasteiger partial charge >= 0.3 is 0 Å². The SMILES string of the molecule is Cc1cc(C(C)(C)c2ccc(C(C)(C)c3cc(C)c(OCC4CO4)c(C)c3)cc2)cc(C)c1OCCC(O)COc1c(C)cc(C(C)(C)c2ccc(C(C)(C)c3cc(C)c(OCC4CO4)c(C)c3)cc2)cc1C. The Morgan fingerprint density at radius 2 is 0.630 bits per heavy atom. The fraction of sp³-hybridized carbons (Fsp3) is 0.455. The molecule has 0 aromatic heterocycles. The molecule has 0 amide bonds. The maximum Gasteiger partial charge on any atom is 0.125 e. The molecule has 1 N–H and O–H groups in total. The first-order valence-electron chi connectivity index (χ1n) is 26.5. The number of ether oxygens (including phenoxy) is 6. The van der Waals surface area contributed by atoms with Crippen molar-refractivity contribution in [1.29, 1.82) is 0 Å². The summed E-state index contributed by atoms with van der Waals surface area (Å²) in [7, 11) is 0. The minimum absolute atomic E-state index is 0.187. The maximum absolute atomic E-state index is 11.1. The number of hydrogen-bond acceptors (Lipinski definition) is 7. The lowest BCUT2D eigenvalue weighted by Crippen LogP contribution is -2.23. The highest BCUT2D eigenvalue weighted by molar-refractivity contribution is 5.54. The van der Waals surface area contributed by atoms with Gasteiger partial charge in [-0.1, -0.05) is 152 Å². The van der Waals surface area contributed by atoms with Gasteiger partial charge in [0, 0.05) is 28.1 Å². The van der Waals surface area contributed by atoms with Crippen LogP contribution in [-0.2, 0) is 31.1 Å². The number of benzene rings is 6. The summed E-state index contributed by atoms with van der Waals surface area (Å²) in [6.45, 7) is 38.7. The highest BCUT2D eigenvalue weighted by Gasteiger charge is 2.32. The third-order valence-electron chi connectivity index (χ3n) is 16.1. The average molecular weight is 987 g/mol. The highest BCUT2D eigenvalue weighted by Crippen LogP contribution is 2.42. The van der Waals surface area contributed by atoms with E-state index in [1.54, 1.807) is 0 Å². The number of aliphatic hydroxyl groups is 1. The molecule has 2 saturated heterocycles. The van der Waals surface area contributed by atoms with Crippen molar-refractivity contribution in [2.45, 2.75) is 157 Å². The molecule has 2 heterocycles. The maximum atomic E-state index is 11.1. The van der Waals surface area contributed by atoms with Crippen LogP contribution in [-0.4, -0.2) is 63.1 Å². The normalized spacial score (nSPS) is 16.3. The lowest BCUT2D eigenvalue weighted by Gasteiger charge is -2.31. The number of aliphatic hydroxyl groups excluding tert-OH is 1. The first-order valence-corrected chi connectivity index (χ1v) is 26.5. The lowest BCUT2D eigenvalue weighted by atomic mass is 9.74. The van der Waals surface area contributed by atoms with E-state index in [0.717, 1.165) is 80.7 Å². The molecule has 0 bridgehead atoms. The second kappa shape index (κ2) is 21.0. The third-order valence-corrected chi connectivity index (χ3v) is 16.1. The summed E-state index contributed by atoms with van der Waals surface area (Å²) in [5.41, 5.74) is 18.1. The molecule has 388 valence electrons. The summed E-state index contributed by atoms with van der Waals surface area (Å²) in [5, 5.41) is 11.1. The zero-order chi connectivity index (χ0) is 52.8. The van der Waals surface area contributed by atoms with E-state index in [-0.39, 0.29) is 40.5 Å². The smallest absolute Gasteiger partial charge is 0.125 e. The van der Waals surface area contributed by atoms with Crippen molar-refractivity contribution >= 4 is 0 Å². The summed E-state index contributed by atoms with van der Waals surface area (Å²) in [6.07, 6.45) is 0.232. The van der Waals surface area contributed by atoms with E-state index < -0.39 is 6.10 Å². The van der Waals surface area contributed by atoms with Gasteiger partial charge in [0.1, 0.15) is 55.0 Å². The molecule has 6 aromatic rings. The van der Waals surface area contributed by atoms with Gasteiger partial charge in [0.05, 0.1) is 25.9 Å². The molecule has 7 heteroatoms. The molecule has 2 aliphatic heterocycles. The first kappa shape index (κ1) is 53.7. The fourth-order valence-corrected chi connectivity index (χ4v) is 10.7. The summed E-state index contributed by atoms with van der Waals surface area (Å²) in [6, 6.07) is 36.3. The van der Waals surface area contributed by atoms with Gasteiger partial charge in [-0.3, -0.25) is 0 Å². The van der Waals surface area contributed by atoms with Crippen LogP contribution in [0.25, 0.3) is 0 Å². The summed E-state index contributed by atoms with van der Waals surface area (Å²) < 4.78 is 35.7. The second-order valence-corrected chi connectivity index (χ2v) is 23.5. The van der Waals surface area contributed by atoms with Gasteiger partial charge in [0.2, 0.25) is 0 Å². The van der Waals surface area contributed by atoms with Crippen LogP contribution >= 0.6 is 0 Å². The molecule has 7 nitrogen and oxygen atoms in total. The molecular weight excluding hydrogens is 905 g/mol. The molecule has 3 atom stereocenters. The Kier molecular flexibility index (Phi) is 15.4. The van der Waals surface area contributed by atoms with E-state index in [1.807, 2.05) is 0 Å². The van der Waals surface area contributed by atoms with Crippen molar-refractivity contribution in [3.63, 3.8) is 0 Å². The Bertz CT molecular complexity index is 2840. The second-order valence-electron chi connectivity index (χ2n) is 23.5. The molecular formula is C66H82O7. The summed E-state index contributed by atoms with van der Waals surface area (Å²) in [5.74, 6) is 3.63. The van der Waals surface area contributed by atoms with Crippen molar-refractivity contribution in [2.75, 3.05) is 39.6 Å². The average Bonchev–Trinajstić information content (AvgIpc) is 4.29. The van der Waals surface area contributed by atoms with Crippen LogP contribution in [0.2, 0.25) is 0 Å². The largest absolute Gasteiger partial charge is 0.493 e. The number of aryl methyl sites for hydroxylation is 8. The number of epoxide rings is 2. The van der Waals surface area contributed by atoms with Gasteiger partial charge in [-0.15, -0.1) is 0 Å². The molecule has 3 unspecified atom stereocenters. The Labute approximate surface area is 437 Å². The number of rotatable bonds is 21. The Morgan fingerprint density at radius 1 is 0.397 bits per heavy atom. The molecule has 2 aliphatic rings. The van der Waals surface area contributed by atoms with Crippen LogP contribution in [0, 0.1) is 55.4 Å². The van der Waals surface area contributed by atoms with Gasteiger partial charge < -0.3 is 33.5 Å². The fourth-order valence-electron chi connectivity index (χ4n) is 10.7. The van der Waals surface area contributed by atoms with Gasteiger partial charge in [0.15, 0.2) is 0 Å². The van der Waals surface area contributed by atoms with Gasteiger partial charge in [0.25, 0.3) is 0 Å². The van der Waals surface area contributed by atoms with Crippen LogP contribution < -0.4 is 18.9 Å². The van der Waals surface area contributed by atoms with Gasteiger partial charge in [-0.2, -0.15) is 0 Å². The van der Waals surface area contributed by atoms with E-state index >= 15 is 0 Å². The third kappa shape index (κ3) is 11.7. The van der Waals surface area contributed by atoms with E-state index in [1.165, 1.54) is 44.5 Å². The van der Waals surface area contributed by atoms with Crippen LogP contribution in [0.15, 0.2) is 97.1 Å². The van der Waals surface area contributed by atoms with Crippen LogP contribution in [0.5, 0.6) is 23.0 Å². The quantitative estimate of drug-likeness (QED) is 0.0720. The van der Waals surface area contributed by atoms with Gasteiger partial charge in [-0.25, -0.2) is 0 Å². The zero-order valence-electron chi connectivity index (χ0n) is 46.8. The molecule has 73 heavy (non-hydrogen) atoms. The van der Waals surface area contributed by atoms with E-state index in [2.05, 4.69) is 208 Å². The minimum atomic E-state index is -0.681. The van der Waals surface area contributed by atoms with E-state index in [4.69, 9.17) is 28.4 Å². The molecule has 2 fully saturated rings. The standard InChI is InChI=1S/C66H82O7/c1-40-27-52(63(9,10)48-17-19-50(20-18-48)65(13,14)54-31-44(5)61(45(6)32-54)72-38-57-36-69-57)28-41(2)59(40)68-26-25-56(67)35-71-60-42(3)29-53(30-43(60)4)64(11,12)49-21-23-51(24-22-49)66(15,16)55-33-46(7)62(47(8)34-55)73-39-58-37-70-58/h17-24,27-34,56-58,67H,25-26,35-39H2,1-16H3. The monoisotopic (exact) mass is 987 g/mol. The van der Waals surface area contributed by atoms with Crippen LogP contribution in [0.1, 0.15) is 151 Å². The van der Waals surface area contributed by atoms with Crippen molar-refractivity contribution in [3.8, 4) is 23.0 Å². The van der Waals surface area contributed by atoms with Crippen molar-refractivity contribution in [2.24, 2.45) is 0 Å². The van der Waals surface area contributed by atoms with Crippen molar-refractivity contribution in [3.05, 3.63) is 186 Å². The highest BCUT2D eigenvalue weighted by atomic mass is 16.6. The topological polar surface area (TPSA) is 82.2 Å². The molecule has 6 aromatic carbocycles. The lowest BCUT2D eigenvalue weighted by molar-refractivity contribution is 0.0849. The molecule has 0 aliphatic carbocycles. The molecule has 0 saturated carbocycles. The first-order chi connectivity index (χ1) is 34.4. The molecule has 0 spiro atoms.